The molecule has 1 fully saturated rings. The fourth-order valence-electron chi connectivity index (χ4n) is 5.97. The lowest BCUT2D eigenvalue weighted by Gasteiger charge is -2.18. The minimum Gasteiger partial charge on any atom is -0.490 e. The molecule has 0 saturated heterocycles. The van der Waals surface area contributed by atoms with Crippen LogP contribution in [0.3, 0.4) is 0 Å². The molecule has 254 valence electrons. The molecule has 0 unspecified atom stereocenters. The summed E-state index contributed by atoms with van der Waals surface area (Å²) in [5.74, 6) is -3.52. The van der Waals surface area contributed by atoms with Gasteiger partial charge in [-0.1, -0.05) is 27.7 Å². The zero-order chi connectivity index (χ0) is 34.6. The van der Waals surface area contributed by atoms with Crippen molar-refractivity contribution < 1.29 is 37.0 Å². The second-order valence-corrected chi connectivity index (χ2v) is 11.8. The average Bonchev–Trinajstić information content (AvgIpc) is 3.63. The molecular formula is C36H39F3N4O5. The predicted molar refractivity (Wildman–Crippen MR) is 177 cm³/mol. The van der Waals surface area contributed by atoms with Crippen LogP contribution in [0.25, 0.3) is 10.9 Å². The lowest BCUT2D eigenvalue weighted by Crippen LogP contribution is -2.38. The number of anilines is 2. The third-order valence-corrected chi connectivity index (χ3v) is 9.12. The maximum Gasteiger partial charge on any atom is 0.240 e. The maximum atomic E-state index is 15.4. The smallest absolute Gasteiger partial charge is 0.240 e. The number of benzene rings is 3. The van der Waals surface area contributed by atoms with E-state index in [0.717, 1.165) is 32.1 Å². The molecule has 48 heavy (non-hydrogen) atoms. The van der Waals surface area contributed by atoms with Crippen molar-refractivity contribution in [1.82, 2.24) is 9.88 Å². The molecule has 0 aliphatic heterocycles. The van der Waals surface area contributed by atoms with E-state index < -0.39 is 34.7 Å². The number of nitrogens with zero attached hydrogens (tertiary/aromatic N) is 2. The molecule has 0 bridgehead atoms. The van der Waals surface area contributed by atoms with E-state index in [1.165, 1.54) is 61.7 Å². The summed E-state index contributed by atoms with van der Waals surface area (Å²) in [5, 5.41) is 5.61. The molecule has 1 saturated carbocycles. The number of aromatic nitrogens is 1. The van der Waals surface area contributed by atoms with Crippen molar-refractivity contribution in [2.24, 2.45) is 17.3 Å². The summed E-state index contributed by atoms with van der Waals surface area (Å²) in [6, 6.07) is 13.1. The molecule has 5 rings (SSSR count). The van der Waals surface area contributed by atoms with E-state index in [1.807, 2.05) is 0 Å². The van der Waals surface area contributed by atoms with Crippen LogP contribution < -0.4 is 24.8 Å². The Kier molecular flexibility index (Phi) is 10.4. The summed E-state index contributed by atoms with van der Waals surface area (Å²) in [6.07, 6.45) is 0.719. The highest BCUT2D eigenvalue weighted by atomic mass is 19.1. The number of amides is 2. The predicted octanol–water partition coefficient (Wildman–Crippen LogP) is 7.41. The van der Waals surface area contributed by atoms with Gasteiger partial charge in [-0.25, -0.2) is 18.2 Å². The van der Waals surface area contributed by atoms with Gasteiger partial charge >= 0.3 is 0 Å². The first-order valence-electron chi connectivity index (χ1n) is 15.9. The lowest BCUT2D eigenvalue weighted by atomic mass is 9.99. The van der Waals surface area contributed by atoms with Gasteiger partial charge in [-0.05, 0) is 73.8 Å². The molecule has 12 heteroatoms. The van der Waals surface area contributed by atoms with E-state index in [-0.39, 0.29) is 46.0 Å². The summed E-state index contributed by atoms with van der Waals surface area (Å²) in [6.45, 7) is 10.7. The fraction of sp³-hybridized carbons (Fsp3) is 0.361. The molecule has 9 nitrogen and oxygen atoms in total. The van der Waals surface area contributed by atoms with E-state index in [1.54, 1.807) is 13.8 Å². The molecule has 3 aromatic carbocycles. The summed E-state index contributed by atoms with van der Waals surface area (Å²) in [5.41, 5.74) is -0.617. The molecule has 2 atom stereocenters. The zero-order valence-electron chi connectivity index (χ0n) is 27.5. The topological polar surface area (TPSA) is 102 Å². The number of rotatable bonds is 14. The number of hydrogen-bond donors (Lipinski definition) is 2. The van der Waals surface area contributed by atoms with Gasteiger partial charge in [-0.3, -0.25) is 9.59 Å². The van der Waals surface area contributed by atoms with E-state index in [4.69, 9.17) is 14.2 Å². The third-order valence-electron chi connectivity index (χ3n) is 9.12. The Labute approximate surface area is 277 Å². The molecule has 1 heterocycles. The number of hydrogen-bond acceptors (Lipinski definition) is 7. The first kappa shape index (κ1) is 34.5. The highest BCUT2D eigenvalue weighted by Crippen LogP contribution is 2.59. The van der Waals surface area contributed by atoms with Gasteiger partial charge in [-0.2, -0.15) is 0 Å². The van der Waals surface area contributed by atoms with Crippen LogP contribution in [0.1, 0.15) is 34.1 Å². The normalized spacial score (nSPS) is 18.4. The van der Waals surface area contributed by atoms with Crippen molar-refractivity contribution in [1.29, 1.82) is 0 Å². The van der Waals surface area contributed by atoms with Crippen molar-refractivity contribution in [2.75, 3.05) is 44.0 Å². The second-order valence-electron chi connectivity index (χ2n) is 11.8. The van der Waals surface area contributed by atoms with Crippen LogP contribution in [0.5, 0.6) is 23.1 Å². The molecule has 0 spiro atoms. The van der Waals surface area contributed by atoms with Crippen molar-refractivity contribution in [3.05, 3.63) is 78.1 Å². The molecule has 1 aliphatic rings. The molecule has 2 amide bonds. The third kappa shape index (κ3) is 7.03. The van der Waals surface area contributed by atoms with E-state index in [9.17, 15) is 14.0 Å². The van der Waals surface area contributed by atoms with Crippen molar-refractivity contribution in [3.8, 4) is 23.1 Å². The van der Waals surface area contributed by atoms with Gasteiger partial charge in [0.15, 0.2) is 23.1 Å². The van der Waals surface area contributed by atoms with Crippen LogP contribution >= 0.6 is 0 Å². The monoisotopic (exact) mass is 664 g/mol. The van der Waals surface area contributed by atoms with Gasteiger partial charge in [0.25, 0.3) is 0 Å². The van der Waals surface area contributed by atoms with Crippen LogP contribution in [0.2, 0.25) is 0 Å². The SMILES string of the molecule is CCN(CC)CCCOc1cc2nc(OC)cc(Oc3ccc(NC(=O)C4(C(=O)Nc5ccc(F)cc5)[C@H](C)[C@H]4C)cc3F)c2cc1F. The summed E-state index contributed by atoms with van der Waals surface area (Å²) in [7, 11) is 1.42. The second kappa shape index (κ2) is 14.5. The lowest BCUT2D eigenvalue weighted by molar-refractivity contribution is -0.132. The number of carbonyl (C=O) groups excluding carboxylic acids is 2. The van der Waals surface area contributed by atoms with Gasteiger partial charge in [-0.15, -0.1) is 0 Å². The quantitative estimate of drug-likeness (QED) is 0.107. The summed E-state index contributed by atoms with van der Waals surface area (Å²) >= 11 is 0. The summed E-state index contributed by atoms with van der Waals surface area (Å²) in [4.78, 5) is 33.4. The van der Waals surface area contributed by atoms with Crippen molar-refractivity contribution in [2.45, 2.75) is 34.1 Å². The van der Waals surface area contributed by atoms with Gasteiger partial charge in [0.05, 0.1) is 19.2 Å². The fourth-order valence-corrected chi connectivity index (χ4v) is 5.97. The maximum absolute atomic E-state index is 15.4. The minimum atomic E-state index is -1.40. The van der Waals surface area contributed by atoms with Gasteiger partial charge in [0.2, 0.25) is 17.7 Å². The van der Waals surface area contributed by atoms with Gasteiger partial charge in [0, 0.05) is 41.5 Å². The number of pyridine rings is 1. The van der Waals surface area contributed by atoms with Crippen LogP contribution in [0.4, 0.5) is 24.5 Å². The van der Waals surface area contributed by atoms with E-state index in [0.29, 0.717) is 17.8 Å². The first-order valence-corrected chi connectivity index (χ1v) is 15.9. The largest absolute Gasteiger partial charge is 0.490 e. The summed E-state index contributed by atoms with van der Waals surface area (Å²) < 4.78 is 60.8. The molecule has 1 aromatic heterocycles. The molecule has 4 aromatic rings. The standard InChI is InChI=1S/C36H39F3N4O5/c1-6-43(7-2)15-8-16-47-32-19-29-26(18-28(32)39)31(20-33(42-29)46-5)48-30-14-13-25(17-27(30)38)41-35(45)36(21(3)22(36)4)34(44)40-24-11-9-23(37)10-12-24/h9-14,17-22H,6-8,15-16H2,1-5H3,(H,40,44)(H,41,45)/t21-,22-/m1/s1. The Hall–Kier alpha value is -4.84. The number of halogens is 3. The first-order chi connectivity index (χ1) is 23.0. The number of carbonyl (C=O) groups is 2. The Bertz CT molecular complexity index is 1790. The Morgan fingerprint density at radius 1 is 0.833 bits per heavy atom. The zero-order valence-corrected chi connectivity index (χ0v) is 27.5. The Morgan fingerprint density at radius 3 is 2.06 bits per heavy atom. The average molecular weight is 665 g/mol. The molecule has 1 aliphatic carbocycles. The van der Waals surface area contributed by atoms with Gasteiger partial charge in [0.1, 0.15) is 17.0 Å². The number of fused-ring (bicyclic) bond motifs is 1. The molecular weight excluding hydrogens is 625 g/mol. The Balaban J connectivity index is 1.31. The van der Waals surface area contributed by atoms with Crippen LogP contribution in [-0.2, 0) is 9.59 Å². The Morgan fingerprint density at radius 2 is 1.46 bits per heavy atom. The molecule has 0 radical (unpaired) electrons. The molecule has 2 N–H and O–H groups in total. The van der Waals surface area contributed by atoms with E-state index >= 15 is 8.78 Å². The van der Waals surface area contributed by atoms with Gasteiger partial charge < -0.3 is 29.7 Å². The van der Waals surface area contributed by atoms with Crippen molar-refractivity contribution in [3.63, 3.8) is 0 Å². The number of ether oxygens (including phenoxy) is 3. The highest BCUT2D eigenvalue weighted by Gasteiger charge is 2.69. The van der Waals surface area contributed by atoms with Crippen molar-refractivity contribution >= 4 is 34.1 Å². The number of methoxy groups -OCH3 is 1. The minimum absolute atomic E-state index is 0.0310. The van der Waals surface area contributed by atoms with Crippen LogP contribution in [0.15, 0.2) is 60.7 Å². The number of nitrogens with one attached hydrogen (secondary N) is 2. The highest BCUT2D eigenvalue weighted by molar-refractivity contribution is 6.17. The van der Waals surface area contributed by atoms with Crippen LogP contribution in [-0.4, -0.2) is 55.0 Å². The van der Waals surface area contributed by atoms with E-state index in [2.05, 4.69) is 34.4 Å². The van der Waals surface area contributed by atoms with Crippen LogP contribution in [0, 0.1) is 34.7 Å².